The minimum atomic E-state index is -3.50. The van der Waals surface area contributed by atoms with E-state index in [1.54, 1.807) is 24.5 Å². The van der Waals surface area contributed by atoms with Crippen LogP contribution >= 0.6 is 0 Å². The second-order valence-electron chi connectivity index (χ2n) is 7.50. The van der Waals surface area contributed by atoms with Crippen molar-refractivity contribution in [2.75, 3.05) is 13.1 Å². The topological polar surface area (TPSA) is 79.6 Å². The highest BCUT2D eigenvalue weighted by Crippen LogP contribution is 2.59. The van der Waals surface area contributed by atoms with Crippen molar-refractivity contribution in [1.29, 1.82) is 0 Å². The molecule has 1 N–H and O–H groups in total. The quantitative estimate of drug-likeness (QED) is 0.825. The van der Waals surface area contributed by atoms with E-state index in [0.29, 0.717) is 30.3 Å². The van der Waals surface area contributed by atoms with Crippen molar-refractivity contribution in [3.63, 3.8) is 0 Å². The van der Waals surface area contributed by atoms with Gasteiger partial charge in [-0.2, -0.15) is 4.31 Å². The molecule has 1 aliphatic carbocycles. The van der Waals surface area contributed by atoms with Crippen LogP contribution in [0.3, 0.4) is 0 Å². The number of benzene rings is 1. The molecule has 2 unspecified atom stereocenters. The van der Waals surface area contributed by atoms with Crippen molar-refractivity contribution in [2.45, 2.75) is 37.6 Å². The average Bonchev–Trinajstić information content (AvgIpc) is 3.03. The van der Waals surface area contributed by atoms with Crippen LogP contribution in [0.4, 0.5) is 0 Å². The van der Waals surface area contributed by atoms with E-state index in [0.717, 1.165) is 24.8 Å². The van der Waals surface area contributed by atoms with Gasteiger partial charge >= 0.3 is 0 Å². The second kappa shape index (κ2) is 6.80. The van der Waals surface area contributed by atoms with Gasteiger partial charge in [-0.25, -0.2) is 8.42 Å². The molecule has 1 amide bonds. The molecule has 6 nitrogen and oxygen atoms in total. The molecule has 1 aromatic carbocycles. The van der Waals surface area contributed by atoms with Crippen molar-refractivity contribution in [3.8, 4) is 0 Å². The maximum absolute atomic E-state index is 12.9. The van der Waals surface area contributed by atoms with Gasteiger partial charge in [0.1, 0.15) is 5.76 Å². The van der Waals surface area contributed by atoms with E-state index < -0.39 is 10.0 Å². The Morgan fingerprint density at radius 3 is 2.74 bits per heavy atom. The highest BCUT2D eigenvalue weighted by molar-refractivity contribution is 7.89. The summed E-state index contributed by atoms with van der Waals surface area (Å²) in [5.74, 6) is 0.581. The molecular formula is C20H24N2O4S. The molecule has 0 bridgehead atoms. The molecule has 2 aromatic rings. The van der Waals surface area contributed by atoms with E-state index in [2.05, 4.69) is 5.32 Å². The molecule has 144 valence electrons. The number of rotatable bonds is 6. The molecular weight excluding hydrogens is 364 g/mol. The molecule has 2 fully saturated rings. The molecule has 27 heavy (non-hydrogen) atoms. The van der Waals surface area contributed by atoms with Crippen molar-refractivity contribution < 1.29 is 17.6 Å². The van der Waals surface area contributed by atoms with Gasteiger partial charge in [0.25, 0.3) is 0 Å². The summed E-state index contributed by atoms with van der Waals surface area (Å²) in [5.41, 5.74) is 0.909. The summed E-state index contributed by atoms with van der Waals surface area (Å²) < 4.78 is 32.6. The Labute approximate surface area is 159 Å². The van der Waals surface area contributed by atoms with Crippen LogP contribution in [0, 0.1) is 11.3 Å². The predicted molar refractivity (Wildman–Crippen MR) is 100 cm³/mol. The van der Waals surface area contributed by atoms with Gasteiger partial charge in [-0.1, -0.05) is 19.1 Å². The standard InChI is InChI=1S/C20H24N2O4S/c1-2-15-5-7-17(8-6-15)27(24,25)22-10-9-20(14-22)12-18(20)19(23)21-13-16-4-3-11-26-16/h3-8,11,18H,2,9-10,12-14H2,1H3,(H,21,23). The van der Waals surface area contributed by atoms with E-state index in [9.17, 15) is 13.2 Å². The van der Waals surface area contributed by atoms with Gasteiger partial charge in [0.2, 0.25) is 15.9 Å². The van der Waals surface area contributed by atoms with Gasteiger partial charge in [0, 0.05) is 19.0 Å². The summed E-state index contributed by atoms with van der Waals surface area (Å²) in [6.45, 7) is 3.30. The Hall–Kier alpha value is -2.12. The molecule has 2 atom stereocenters. The van der Waals surface area contributed by atoms with E-state index in [4.69, 9.17) is 4.42 Å². The largest absolute Gasteiger partial charge is 0.467 e. The smallest absolute Gasteiger partial charge is 0.243 e. The first kappa shape index (κ1) is 18.3. The van der Waals surface area contributed by atoms with E-state index in [1.165, 1.54) is 4.31 Å². The Morgan fingerprint density at radius 1 is 1.30 bits per heavy atom. The van der Waals surface area contributed by atoms with Gasteiger partial charge < -0.3 is 9.73 Å². The van der Waals surface area contributed by atoms with Gasteiger partial charge in [-0.3, -0.25) is 4.79 Å². The number of hydrogen-bond donors (Lipinski definition) is 1. The fourth-order valence-electron chi connectivity index (χ4n) is 3.99. The number of sulfonamides is 1. The van der Waals surface area contributed by atoms with Crippen molar-refractivity contribution in [2.24, 2.45) is 11.3 Å². The maximum Gasteiger partial charge on any atom is 0.243 e. The third kappa shape index (κ3) is 3.41. The molecule has 1 aliphatic heterocycles. The van der Waals surface area contributed by atoms with Crippen LogP contribution in [0.1, 0.15) is 31.1 Å². The van der Waals surface area contributed by atoms with Gasteiger partial charge in [-0.15, -0.1) is 0 Å². The minimum absolute atomic E-state index is 0.0158. The van der Waals surface area contributed by atoms with E-state index in [-0.39, 0.29) is 17.2 Å². The Bertz CT molecular complexity index is 921. The van der Waals surface area contributed by atoms with Crippen molar-refractivity contribution in [1.82, 2.24) is 9.62 Å². The summed E-state index contributed by atoms with van der Waals surface area (Å²) >= 11 is 0. The first-order chi connectivity index (χ1) is 12.9. The molecule has 7 heteroatoms. The monoisotopic (exact) mass is 388 g/mol. The van der Waals surface area contributed by atoms with Crippen LogP contribution < -0.4 is 5.32 Å². The summed E-state index contributed by atoms with van der Waals surface area (Å²) in [4.78, 5) is 12.8. The van der Waals surface area contributed by atoms with Crippen LogP contribution in [0.2, 0.25) is 0 Å². The van der Waals surface area contributed by atoms with Crippen LogP contribution in [-0.2, 0) is 27.8 Å². The highest BCUT2D eigenvalue weighted by Gasteiger charge is 2.62. The normalized spacial score (nSPS) is 25.0. The van der Waals surface area contributed by atoms with Crippen LogP contribution in [0.15, 0.2) is 52.0 Å². The lowest BCUT2D eigenvalue weighted by molar-refractivity contribution is -0.123. The second-order valence-corrected chi connectivity index (χ2v) is 9.44. The van der Waals surface area contributed by atoms with Gasteiger partial charge in [-0.05, 0) is 54.5 Å². The number of nitrogens with one attached hydrogen (secondary N) is 1. The summed E-state index contributed by atoms with van der Waals surface area (Å²) in [6.07, 6.45) is 3.94. The third-order valence-corrected chi connectivity index (χ3v) is 7.70. The molecule has 1 saturated heterocycles. The first-order valence-electron chi connectivity index (χ1n) is 9.34. The lowest BCUT2D eigenvalue weighted by atomic mass is 10.0. The maximum atomic E-state index is 12.9. The molecule has 2 aliphatic rings. The molecule has 1 saturated carbocycles. The number of furan rings is 1. The van der Waals surface area contributed by atoms with Crippen molar-refractivity contribution >= 4 is 15.9 Å². The fourth-order valence-corrected chi connectivity index (χ4v) is 5.52. The zero-order valence-electron chi connectivity index (χ0n) is 15.3. The summed E-state index contributed by atoms with van der Waals surface area (Å²) in [5, 5.41) is 2.90. The Balaban J connectivity index is 1.39. The molecule has 1 spiro atoms. The number of carbonyl (C=O) groups is 1. The van der Waals surface area contributed by atoms with E-state index in [1.807, 2.05) is 25.1 Å². The predicted octanol–water partition coefficient (Wildman–Crippen LogP) is 2.56. The van der Waals surface area contributed by atoms with Crippen molar-refractivity contribution in [3.05, 3.63) is 54.0 Å². The van der Waals surface area contributed by atoms with Crippen LogP contribution in [0.25, 0.3) is 0 Å². The molecule has 1 aromatic heterocycles. The fraction of sp³-hybridized carbons (Fsp3) is 0.450. The Morgan fingerprint density at radius 2 is 2.07 bits per heavy atom. The zero-order chi connectivity index (χ0) is 19.1. The summed E-state index contributed by atoms with van der Waals surface area (Å²) in [6, 6.07) is 10.7. The lowest BCUT2D eigenvalue weighted by Gasteiger charge is -2.17. The van der Waals surface area contributed by atoms with Crippen LogP contribution in [0.5, 0.6) is 0 Å². The van der Waals surface area contributed by atoms with E-state index >= 15 is 0 Å². The minimum Gasteiger partial charge on any atom is -0.467 e. The van der Waals surface area contributed by atoms with Gasteiger partial charge in [0.05, 0.1) is 17.7 Å². The summed E-state index contributed by atoms with van der Waals surface area (Å²) in [7, 11) is -3.50. The number of nitrogens with zero attached hydrogens (tertiary/aromatic N) is 1. The highest BCUT2D eigenvalue weighted by atomic mass is 32.2. The average molecular weight is 388 g/mol. The SMILES string of the molecule is CCc1ccc(S(=O)(=O)N2CCC3(CC3C(=O)NCc3ccco3)C2)cc1. The number of carbonyl (C=O) groups excluding carboxylic acids is 1. The third-order valence-electron chi connectivity index (χ3n) is 5.84. The first-order valence-corrected chi connectivity index (χ1v) is 10.8. The number of aryl methyl sites for hydroxylation is 1. The number of hydrogen-bond acceptors (Lipinski definition) is 4. The Kier molecular flexibility index (Phi) is 4.60. The molecule has 0 radical (unpaired) electrons. The zero-order valence-corrected chi connectivity index (χ0v) is 16.2. The van der Waals surface area contributed by atoms with Crippen LogP contribution in [-0.4, -0.2) is 31.7 Å². The van der Waals surface area contributed by atoms with Gasteiger partial charge in [0.15, 0.2) is 0 Å². The lowest BCUT2D eigenvalue weighted by Crippen LogP contribution is -2.31. The number of amides is 1. The molecule has 2 heterocycles. The molecule has 4 rings (SSSR count).